The molecule has 0 radical (unpaired) electrons. The zero-order chi connectivity index (χ0) is 23.2. The van der Waals surface area contributed by atoms with E-state index in [0.29, 0.717) is 26.2 Å². The minimum atomic E-state index is -4.56. The van der Waals surface area contributed by atoms with Gasteiger partial charge in [0.05, 0.1) is 22.0 Å². The van der Waals surface area contributed by atoms with Crippen LogP contribution in [-0.4, -0.2) is 29.4 Å². The van der Waals surface area contributed by atoms with Crippen LogP contribution in [0.4, 0.5) is 18.3 Å². The standard InChI is InChI=1S/C23H18ClF3N4OS/c24-16-5-3-14(18(11-16)23(25,26)27)10-17(13-4-6-19-15(9-13)12-28-30-19)20-21(32)29-22(33-20)31-7-1-2-8-31/h3-6,9,11-12,32H,1-2,7-8,10H2. The molecule has 0 aliphatic carbocycles. The second kappa shape index (κ2) is 8.46. The van der Waals surface area contributed by atoms with Gasteiger partial charge < -0.3 is 10.0 Å². The van der Waals surface area contributed by atoms with Crippen LogP contribution >= 0.6 is 22.9 Å². The number of thiazole rings is 1. The molecule has 1 saturated heterocycles. The molecule has 2 aromatic carbocycles. The first kappa shape index (κ1) is 21.9. The molecule has 0 atom stereocenters. The van der Waals surface area contributed by atoms with Gasteiger partial charge >= 0.3 is 6.18 Å². The lowest BCUT2D eigenvalue weighted by atomic mass is 9.96. The Kier molecular flexibility index (Phi) is 5.62. The Hall–Kier alpha value is -2.91. The van der Waals surface area contributed by atoms with Crippen LogP contribution in [0.1, 0.15) is 34.4 Å². The van der Waals surface area contributed by atoms with Crippen molar-refractivity contribution in [3.05, 3.63) is 73.6 Å². The molecule has 3 aromatic rings. The number of hydrogen-bond donors (Lipinski definition) is 1. The minimum Gasteiger partial charge on any atom is -0.492 e. The predicted molar refractivity (Wildman–Crippen MR) is 123 cm³/mol. The van der Waals surface area contributed by atoms with Crippen molar-refractivity contribution >= 4 is 39.9 Å². The zero-order valence-corrected chi connectivity index (χ0v) is 18.8. The maximum atomic E-state index is 13.8. The van der Waals surface area contributed by atoms with Crippen LogP contribution in [0, 0.1) is 0 Å². The van der Waals surface area contributed by atoms with Gasteiger partial charge in [-0.3, -0.25) is 0 Å². The first-order valence-corrected chi connectivity index (χ1v) is 11.5. The van der Waals surface area contributed by atoms with Gasteiger partial charge in [-0.2, -0.15) is 28.4 Å². The van der Waals surface area contributed by atoms with Gasteiger partial charge in [-0.15, -0.1) is 0 Å². The van der Waals surface area contributed by atoms with E-state index in [9.17, 15) is 18.3 Å². The lowest BCUT2D eigenvalue weighted by molar-refractivity contribution is -0.138. The maximum Gasteiger partial charge on any atom is 0.416 e. The summed E-state index contributed by atoms with van der Waals surface area (Å²) in [5, 5.41) is 20.7. The van der Waals surface area contributed by atoms with E-state index in [1.807, 2.05) is 6.07 Å². The molecule has 0 amide bonds. The molecule has 3 heterocycles. The number of fused-ring (bicyclic) bond motifs is 1. The van der Waals surface area contributed by atoms with Gasteiger partial charge in [0.25, 0.3) is 0 Å². The van der Waals surface area contributed by atoms with Crippen molar-refractivity contribution in [3.63, 3.8) is 0 Å². The van der Waals surface area contributed by atoms with Crippen LogP contribution in [0.15, 0.2) is 46.6 Å². The Labute approximate surface area is 196 Å². The number of aromatic hydroxyl groups is 1. The monoisotopic (exact) mass is 490 g/mol. The Bertz CT molecular complexity index is 1380. The van der Waals surface area contributed by atoms with Gasteiger partial charge in [0.15, 0.2) is 5.13 Å². The molecule has 10 heteroatoms. The van der Waals surface area contributed by atoms with Crippen molar-refractivity contribution < 1.29 is 18.3 Å². The highest BCUT2D eigenvalue weighted by atomic mass is 35.5. The van der Waals surface area contributed by atoms with Crippen molar-refractivity contribution in [1.29, 1.82) is 0 Å². The smallest absolute Gasteiger partial charge is 0.416 e. The van der Waals surface area contributed by atoms with Crippen molar-refractivity contribution in [3.8, 4) is 5.88 Å². The molecular weight excluding hydrogens is 473 g/mol. The van der Waals surface area contributed by atoms with E-state index in [1.165, 1.54) is 23.5 Å². The second-order valence-corrected chi connectivity index (χ2v) is 9.33. The van der Waals surface area contributed by atoms with Crippen LogP contribution in [0.5, 0.6) is 5.88 Å². The molecule has 5 nitrogen and oxygen atoms in total. The highest BCUT2D eigenvalue weighted by Crippen LogP contribution is 2.40. The molecule has 0 saturated carbocycles. The third-order valence-corrected chi connectivity index (χ3v) is 7.13. The van der Waals surface area contributed by atoms with E-state index >= 15 is 0 Å². The SMILES string of the molecule is Oc1nc(N2CCCC2)sc1C(Cc1ccc(Cl)cc1C(F)(F)F)=c1ccc2c(c1)C=NN=2. The third-order valence-electron chi connectivity index (χ3n) is 5.73. The average Bonchev–Trinajstić information content (AvgIpc) is 3.52. The van der Waals surface area contributed by atoms with Gasteiger partial charge in [-0.25, -0.2) is 0 Å². The summed E-state index contributed by atoms with van der Waals surface area (Å²) < 4.78 is 41.4. The summed E-state index contributed by atoms with van der Waals surface area (Å²) in [6.07, 6.45) is -0.944. The van der Waals surface area contributed by atoms with E-state index in [0.717, 1.165) is 37.6 Å². The summed E-state index contributed by atoms with van der Waals surface area (Å²) in [7, 11) is 0. The Morgan fingerprint density at radius 1 is 1.12 bits per heavy atom. The van der Waals surface area contributed by atoms with E-state index in [1.54, 1.807) is 18.3 Å². The van der Waals surface area contributed by atoms with Crippen LogP contribution in [0.3, 0.4) is 0 Å². The Morgan fingerprint density at radius 2 is 1.91 bits per heavy atom. The molecular formula is C23H18ClF3N4OS. The largest absolute Gasteiger partial charge is 0.492 e. The lowest BCUT2D eigenvalue weighted by Crippen LogP contribution is -2.17. The van der Waals surface area contributed by atoms with Crippen LogP contribution in [0.25, 0.3) is 5.57 Å². The summed E-state index contributed by atoms with van der Waals surface area (Å²) in [5.41, 5.74) is 0.581. The van der Waals surface area contributed by atoms with E-state index in [4.69, 9.17) is 11.6 Å². The molecule has 1 fully saturated rings. The van der Waals surface area contributed by atoms with Gasteiger partial charge in [0.1, 0.15) is 0 Å². The van der Waals surface area contributed by atoms with E-state index < -0.39 is 11.7 Å². The molecule has 0 spiro atoms. The fraction of sp³-hybridized carbons (Fsp3) is 0.261. The Morgan fingerprint density at radius 3 is 2.67 bits per heavy atom. The summed E-state index contributed by atoms with van der Waals surface area (Å²) in [6.45, 7) is 1.68. The fourth-order valence-electron chi connectivity index (χ4n) is 4.10. The first-order chi connectivity index (χ1) is 15.8. The van der Waals surface area contributed by atoms with Crippen molar-refractivity contribution in [2.45, 2.75) is 25.4 Å². The summed E-state index contributed by atoms with van der Waals surface area (Å²) in [4.78, 5) is 6.87. The van der Waals surface area contributed by atoms with Crippen molar-refractivity contribution in [1.82, 2.24) is 4.98 Å². The zero-order valence-electron chi connectivity index (χ0n) is 17.2. The molecule has 170 valence electrons. The highest BCUT2D eigenvalue weighted by molar-refractivity contribution is 7.17. The summed E-state index contributed by atoms with van der Waals surface area (Å²) in [5.74, 6) is -0.182. The number of anilines is 1. The van der Waals surface area contributed by atoms with Crippen LogP contribution in [-0.2, 0) is 12.6 Å². The topological polar surface area (TPSA) is 61.1 Å². The maximum absolute atomic E-state index is 13.8. The van der Waals surface area contributed by atoms with Gasteiger partial charge in [0, 0.05) is 30.1 Å². The number of alkyl halides is 3. The summed E-state index contributed by atoms with van der Waals surface area (Å²) >= 11 is 7.17. The molecule has 0 unspecified atom stereocenters. The molecule has 5 rings (SSSR count). The van der Waals surface area contributed by atoms with Crippen LogP contribution < -0.4 is 15.5 Å². The quantitative estimate of drug-likeness (QED) is 0.584. The first-order valence-electron chi connectivity index (χ1n) is 10.3. The molecule has 1 N–H and O–H groups in total. The van der Waals surface area contributed by atoms with Crippen molar-refractivity contribution in [2.75, 3.05) is 18.0 Å². The number of hydrogen-bond acceptors (Lipinski definition) is 6. The van der Waals surface area contributed by atoms with Gasteiger partial charge in [-0.05, 0) is 53.5 Å². The van der Waals surface area contributed by atoms with E-state index in [-0.39, 0.29) is 22.9 Å². The van der Waals surface area contributed by atoms with Gasteiger partial charge in [-0.1, -0.05) is 35.1 Å². The minimum absolute atomic E-state index is 0.0138. The number of aromatic nitrogens is 1. The number of rotatable bonds is 4. The normalized spacial score (nSPS) is 16.2. The highest BCUT2D eigenvalue weighted by Gasteiger charge is 2.34. The van der Waals surface area contributed by atoms with Crippen molar-refractivity contribution in [2.24, 2.45) is 10.2 Å². The Balaban J connectivity index is 1.69. The molecule has 0 bridgehead atoms. The summed E-state index contributed by atoms with van der Waals surface area (Å²) in [6, 6.07) is 9.14. The molecule has 2 aliphatic heterocycles. The second-order valence-electron chi connectivity index (χ2n) is 7.92. The number of halogens is 4. The molecule has 2 aliphatic rings. The predicted octanol–water partition coefficient (Wildman–Crippen LogP) is 4.53. The third kappa shape index (κ3) is 4.35. The fourth-order valence-corrected chi connectivity index (χ4v) is 5.35. The molecule has 1 aromatic heterocycles. The van der Waals surface area contributed by atoms with Gasteiger partial charge in [0.2, 0.25) is 5.88 Å². The lowest BCUT2D eigenvalue weighted by Gasteiger charge is -2.15. The van der Waals surface area contributed by atoms with Crippen LogP contribution in [0.2, 0.25) is 5.02 Å². The average molecular weight is 491 g/mol. The number of benzene rings is 2. The number of nitrogens with zero attached hydrogens (tertiary/aromatic N) is 4. The molecule has 33 heavy (non-hydrogen) atoms. The van der Waals surface area contributed by atoms with E-state index in [2.05, 4.69) is 20.1 Å².